The van der Waals surface area contributed by atoms with Crippen LogP contribution in [0.5, 0.6) is 0 Å². The number of hydrogen-bond acceptors (Lipinski definition) is 3. The van der Waals surface area contributed by atoms with E-state index in [1.165, 1.54) is 5.56 Å². The third kappa shape index (κ3) is 3.65. The van der Waals surface area contributed by atoms with Gasteiger partial charge in [0.2, 0.25) is 0 Å². The number of terminal acetylenes is 1. The predicted octanol–water partition coefficient (Wildman–Crippen LogP) is 2.01. The molecule has 86 valence electrons. The fourth-order valence-electron chi connectivity index (χ4n) is 1.82. The van der Waals surface area contributed by atoms with E-state index in [2.05, 4.69) is 28.5 Å². The second-order valence-corrected chi connectivity index (χ2v) is 4.00. The first-order chi connectivity index (χ1) is 7.67. The molecule has 1 rings (SSSR count). The topological polar surface area (TPSA) is 50.9 Å². The van der Waals surface area contributed by atoms with Crippen molar-refractivity contribution in [3.05, 3.63) is 29.1 Å². The van der Waals surface area contributed by atoms with Gasteiger partial charge >= 0.3 is 0 Å². The first kappa shape index (κ1) is 12.7. The fraction of sp³-hybridized carbons (Fsp3) is 0.462. The van der Waals surface area contributed by atoms with Gasteiger partial charge in [0.25, 0.3) is 0 Å². The molecule has 0 saturated carbocycles. The minimum atomic E-state index is 0.161. The summed E-state index contributed by atoms with van der Waals surface area (Å²) in [5.74, 6) is 8.21. The van der Waals surface area contributed by atoms with Crippen LogP contribution in [0.15, 0.2) is 12.1 Å². The van der Waals surface area contributed by atoms with Crippen molar-refractivity contribution in [3.8, 4) is 12.3 Å². The molecule has 1 heterocycles. The molecule has 0 radical (unpaired) electrons. The number of aryl methyl sites for hydroxylation is 2. The Balaban J connectivity index is 2.74. The summed E-state index contributed by atoms with van der Waals surface area (Å²) < 4.78 is 0. The Hall–Kier alpha value is -1.37. The second kappa shape index (κ2) is 6.26. The van der Waals surface area contributed by atoms with Crippen LogP contribution in [-0.4, -0.2) is 4.98 Å². The SMILES string of the molecule is C#CCCCC(NN)c1cc(C)nc(C)c1. The largest absolute Gasteiger partial charge is 0.271 e. The summed E-state index contributed by atoms with van der Waals surface area (Å²) in [6, 6.07) is 4.29. The smallest absolute Gasteiger partial charge is 0.0461 e. The van der Waals surface area contributed by atoms with E-state index >= 15 is 0 Å². The molecule has 0 aliphatic heterocycles. The van der Waals surface area contributed by atoms with Crippen molar-refractivity contribution >= 4 is 0 Å². The zero-order chi connectivity index (χ0) is 12.0. The van der Waals surface area contributed by atoms with E-state index < -0.39 is 0 Å². The molecule has 3 N–H and O–H groups in total. The lowest BCUT2D eigenvalue weighted by atomic mass is 10.0. The summed E-state index contributed by atoms with van der Waals surface area (Å²) >= 11 is 0. The van der Waals surface area contributed by atoms with E-state index in [9.17, 15) is 0 Å². The highest BCUT2D eigenvalue weighted by Crippen LogP contribution is 2.19. The molecule has 0 aliphatic rings. The Morgan fingerprint density at radius 3 is 2.56 bits per heavy atom. The molecule has 1 atom stereocenters. The van der Waals surface area contributed by atoms with Crippen LogP contribution < -0.4 is 11.3 Å². The molecule has 0 bridgehead atoms. The van der Waals surface area contributed by atoms with Gasteiger partial charge in [-0.2, -0.15) is 0 Å². The van der Waals surface area contributed by atoms with Gasteiger partial charge in [0.05, 0.1) is 0 Å². The molecule has 0 saturated heterocycles. The number of nitrogens with zero attached hydrogens (tertiary/aromatic N) is 1. The monoisotopic (exact) mass is 217 g/mol. The maximum atomic E-state index is 5.57. The van der Waals surface area contributed by atoms with Crippen LogP contribution in [0, 0.1) is 26.2 Å². The lowest BCUT2D eigenvalue weighted by molar-refractivity contribution is 0.501. The zero-order valence-electron chi connectivity index (χ0n) is 9.96. The summed E-state index contributed by atoms with van der Waals surface area (Å²) in [5, 5.41) is 0. The molecule has 1 aromatic heterocycles. The number of unbranched alkanes of at least 4 members (excludes halogenated alkanes) is 1. The summed E-state index contributed by atoms with van der Waals surface area (Å²) in [7, 11) is 0. The van der Waals surface area contributed by atoms with E-state index in [1.54, 1.807) is 0 Å². The highest BCUT2D eigenvalue weighted by atomic mass is 15.2. The van der Waals surface area contributed by atoms with Crippen LogP contribution in [0.1, 0.15) is 42.3 Å². The average Bonchev–Trinajstić information content (AvgIpc) is 2.23. The number of aromatic nitrogens is 1. The normalized spacial score (nSPS) is 12.1. The fourth-order valence-corrected chi connectivity index (χ4v) is 1.82. The molecule has 0 amide bonds. The Morgan fingerprint density at radius 1 is 1.44 bits per heavy atom. The molecule has 1 unspecified atom stereocenters. The molecule has 3 nitrogen and oxygen atoms in total. The highest BCUT2D eigenvalue weighted by molar-refractivity contribution is 5.23. The van der Waals surface area contributed by atoms with Crippen molar-refractivity contribution in [2.45, 2.75) is 39.2 Å². The predicted molar refractivity (Wildman–Crippen MR) is 66.5 cm³/mol. The van der Waals surface area contributed by atoms with Crippen molar-refractivity contribution in [2.75, 3.05) is 0 Å². The molecule has 3 heteroatoms. The van der Waals surface area contributed by atoms with E-state index in [4.69, 9.17) is 12.3 Å². The second-order valence-electron chi connectivity index (χ2n) is 4.00. The lowest BCUT2D eigenvalue weighted by Crippen LogP contribution is -2.28. The highest BCUT2D eigenvalue weighted by Gasteiger charge is 2.10. The number of hydrogen-bond donors (Lipinski definition) is 2. The Bertz CT molecular complexity index is 359. The van der Waals surface area contributed by atoms with Crippen LogP contribution in [-0.2, 0) is 0 Å². The van der Waals surface area contributed by atoms with Crippen molar-refractivity contribution in [1.29, 1.82) is 0 Å². The number of hydrazine groups is 1. The Morgan fingerprint density at radius 2 is 2.06 bits per heavy atom. The van der Waals surface area contributed by atoms with E-state index in [0.29, 0.717) is 0 Å². The third-order valence-corrected chi connectivity index (χ3v) is 2.52. The molecule has 0 aliphatic carbocycles. The molecular weight excluding hydrogens is 198 g/mol. The van der Waals surface area contributed by atoms with E-state index in [1.807, 2.05) is 13.8 Å². The first-order valence-electron chi connectivity index (χ1n) is 5.52. The lowest BCUT2D eigenvalue weighted by Gasteiger charge is -2.16. The first-order valence-corrected chi connectivity index (χ1v) is 5.52. The van der Waals surface area contributed by atoms with E-state index in [0.717, 1.165) is 30.7 Å². The number of pyridine rings is 1. The van der Waals surface area contributed by atoms with Gasteiger partial charge in [-0.3, -0.25) is 16.3 Å². The van der Waals surface area contributed by atoms with Gasteiger partial charge in [0, 0.05) is 23.9 Å². The van der Waals surface area contributed by atoms with Gasteiger partial charge in [-0.25, -0.2) is 0 Å². The van der Waals surface area contributed by atoms with Crippen LogP contribution in [0.25, 0.3) is 0 Å². The van der Waals surface area contributed by atoms with Crippen molar-refractivity contribution in [2.24, 2.45) is 5.84 Å². The van der Waals surface area contributed by atoms with Crippen molar-refractivity contribution in [3.63, 3.8) is 0 Å². The number of rotatable bonds is 5. The summed E-state index contributed by atoms with van der Waals surface area (Å²) in [6.07, 6.45) is 7.95. The zero-order valence-corrected chi connectivity index (χ0v) is 9.96. The molecule has 16 heavy (non-hydrogen) atoms. The number of nitrogens with one attached hydrogen (secondary N) is 1. The van der Waals surface area contributed by atoms with Gasteiger partial charge in [-0.05, 0) is 44.4 Å². The number of nitrogens with two attached hydrogens (primary N) is 1. The average molecular weight is 217 g/mol. The van der Waals surface area contributed by atoms with Gasteiger partial charge < -0.3 is 0 Å². The van der Waals surface area contributed by atoms with E-state index in [-0.39, 0.29) is 6.04 Å². The van der Waals surface area contributed by atoms with Gasteiger partial charge in [0.15, 0.2) is 0 Å². The molecule has 0 spiro atoms. The van der Waals surface area contributed by atoms with Crippen LogP contribution in [0.2, 0.25) is 0 Å². The van der Waals surface area contributed by atoms with Crippen LogP contribution in [0.3, 0.4) is 0 Å². The molecule has 0 aromatic carbocycles. The summed E-state index contributed by atoms with van der Waals surface area (Å²) in [4.78, 5) is 4.35. The summed E-state index contributed by atoms with van der Waals surface area (Å²) in [6.45, 7) is 3.98. The van der Waals surface area contributed by atoms with Crippen molar-refractivity contribution < 1.29 is 0 Å². The van der Waals surface area contributed by atoms with Gasteiger partial charge in [0.1, 0.15) is 0 Å². The minimum absolute atomic E-state index is 0.161. The maximum Gasteiger partial charge on any atom is 0.0461 e. The van der Waals surface area contributed by atoms with Crippen LogP contribution >= 0.6 is 0 Å². The van der Waals surface area contributed by atoms with Crippen molar-refractivity contribution in [1.82, 2.24) is 10.4 Å². The quantitative estimate of drug-likeness (QED) is 0.343. The van der Waals surface area contributed by atoms with Crippen LogP contribution in [0.4, 0.5) is 0 Å². The minimum Gasteiger partial charge on any atom is -0.271 e. The molecular formula is C13H19N3. The Kier molecular flexibility index (Phi) is 4.97. The maximum absolute atomic E-state index is 5.57. The standard InChI is InChI=1S/C13H19N3/c1-4-5-6-7-13(16-14)12-8-10(2)15-11(3)9-12/h1,8-9,13,16H,5-7,14H2,2-3H3. The summed E-state index contributed by atoms with van der Waals surface area (Å²) in [5.41, 5.74) is 6.06. The molecule has 0 fully saturated rings. The third-order valence-electron chi connectivity index (χ3n) is 2.52. The van der Waals surface area contributed by atoms with Gasteiger partial charge in [-0.1, -0.05) is 0 Å². The molecule has 1 aromatic rings. The Labute approximate surface area is 97.4 Å². The van der Waals surface area contributed by atoms with Gasteiger partial charge in [-0.15, -0.1) is 12.3 Å².